The number of hydrogen-bond acceptors (Lipinski definition) is 3. The molecule has 0 fully saturated rings. The minimum absolute atomic E-state index is 0.0314. The molecule has 1 N–H and O–H groups in total. The SMILES string of the molecule is CC(C)(C)NCc1cc(F)ccc1OCCCCC#N. The van der Waals surface area contributed by atoms with Gasteiger partial charge in [0.1, 0.15) is 11.6 Å². The molecule has 20 heavy (non-hydrogen) atoms. The highest BCUT2D eigenvalue weighted by Crippen LogP contribution is 2.21. The molecule has 0 aliphatic carbocycles. The zero-order valence-electron chi connectivity index (χ0n) is 12.5. The highest BCUT2D eigenvalue weighted by atomic mass is 19.1. The van der Waals surface area contributed by atoms with E-state index in [-0.39, 0.29) is 11.4 Å². The van der Waals surface area contributed by atoms with Gasteiger partial charge in [0.2, 0.25) is 0 Å². The number of halogens is 1. The maximum absolute atomic E-state index is 13.3. The smallest absolute Gasteiger partial charge is 0.123 e. The van der Waals surface area contributed by atoms with Crippen molar-refractivity contribution in [2.24, 2.45) is 0 Å². The van der Waals surface area contributed by atoms with Crippen LogP contribution in [0.1, 0.15) is 45.6 Å². The summed E-state index contributed by atoms with van der Waals surface area (Å²) in [6, 6.07) is 6.68. The first-order valence-corrected chi connectivity index (χ1v) is 6.95. The van der Waals surface area contributed by atoms with Gasteiger partial charge in [0.15, 0.2) is 0 Å². The number of nitrogens with one attached hydrogen (secondary N) is 1. The average molecular weight is 278 g/mol. The van der Waals surface area contributed by atoms with Crippen LogP contribution in [-0.2, 0) is 6.54 Å². The first-order chi connectivity index (χ1) is 9.42. The molecule has 0 atom stereocenters. The van der Waals surface area contributed by atoms with Gasteiger partial charge < -0.3 is 10.1 Å². The Morgan fingerprint density at radius 3 is 2.70 bits per heavy atom. The molecular weight excluding hydrogens is 255 g/mol. The van der Waals surface area contributed by atoms with Crippen LogP contribution in [0.3, 0.4) is 0 Å². The Morgan fingerprint density at radius 1 is 1.30 bits per heavy atom. The summed E-state index contributed by atoms with van der Waals surface area (Å²) in [4.78, 5) is 0. The molecule has 0 saturated heterocycles. The van der Waals surface area contributed by atoms with Crippen LogP contribution >= 0.6 is 0 Å². The van der Waals surface area contributed by atoms with Gasteiger partial charge in [-0.25, -0.2) is 4.39 Å². The Hall–Kier alpha value is -1.60. The second-order valence-electron chi connectivity index (χ2n) is 5.82. The minimum atomic E-state index is -0.257. The summed E-state index contributed by atoms with van der Waals surface area (Å²) in [5.74, 6) is 0.452. The first-order valence-electron chi connectivity index (χ1n) is 6.95. The van der Waals surface area contributed by atoms with Crippen LogP contribution in [-0.4, -0.2) is 12.1 Å². The molecule has 110 valence electrons. The van der Waals surface area contributed by atoms with Gasteiger partial charge in [0, 0.05) is 24.1 Å². The second-order valence-corrected chi connectivity index (χ2v) is 5.82. The molecule has 0 aromatic heterocycles. The van der Waals surface area contributed by atoms with E-state index >= 15 is 0 Å². The van der Waals surface area contributed by atoms with E-state index in [9.17, 15) is 4.39 Å². The molecule has 0 bridgehead atoms. The van der Waals surface area contributed by atoms with Gasteiger partial charge in [-0.3, -0.25) is 0 Å². The third-order valence-electron chi connectivity index (χ3n) is 2.77. The quantitative estimate of drug-likeness (QED) is 0.772. The van der Waals surface area contributed by atoms with Gasteiger partial charge in [-0.05, 0) is 51.8 Å². The van der Waals surface area contributed by atoms with Gasteiger partial charge >= 0.3 is 0 Å². The Balaban J connectivity index is 2.58. The maximum atomic E-state index is 13.3. The van der Waals surface area contributed by atoms with E-state index in [4.69, 9.17) is 10.00 Å². The summed E-state index contributed by atoms with van der Waals surface area (Å²) in [5.41, 5.74) is 0.788. The molecule has 0 aliphatic heterocycles. The Bertz CT molecular complexity index is 461. The van der Waals surface area contributed by atoms with Crippen LogP contribution in [0, 0.1) is 17.1 Å². The number of nitriles is 1. The standard InChI is InChI=1S/C16H23FN2O/c1-16(2,3)19-12-13-11-14(17)7-8-15(13)20-10-6-4-5-9-18/h7-8,11,19H,4-6,10,12H2,1-3H3. The zero-order chi connectivity index (χ0) is 15.0. The van der Waals surface area contributed by atoms with Crippen molar-refractivity contribution in [3.8, 4) is 11.8 Å². The van der Waals surface area contributed by atoms with Crippen molar-refractivity contribution in [1.82, 2.24) is 5.32 Å². The molecule has 0 spiro atoms. The van der Waals surface area contributed by atoms with Crippen LogP contribution in [0.4, 0.5) is 4.39 Å². The van der Waals surface area contributed by atoms with Gasteiger partial charge in [-0.2, -0.15) is 5.26 Å². The molecule has 3 nitrogen and oxygen atoms in total. The third kappa shape index (κ3) is 6.53. The molecule has 0 unspecified atom stereocenters. The molecule has 0 aliphatic rings. The van der Waals surface area contributed by atoms with Crippen LogP contribution in [0.15, 0.2) is 18.2 Å². The summed E-state index contributed by atoms with van der Waals surface area (Å²) < 4.78 is 19.0. The van der Waals surface area contributed by atoms with Gasteiger partial charge in [0.25, 0.3) is 0 Å². The fourth-order valence-electron chi connectivity index (χ4n) is 1.68. The third-order valence-corrected chi connectivity index (χ3v) is 2.77. The number of benzene rings is 1. The fourth-order valence-corrected chi connectivity index (χ4v) is 1.68. The molecule has 0 amide bonds. The van der Waals surface area contributed by atoms with Gasteiger partial charge in [-0.15, -0.1) is 0 Å². The molecule has 1 rings (SSSR count). The first kappa shape index (κ1) is 16.5. The number of ether oxygens (including phenoxy) is 1. The summed E-state index contributed by atoms with van der Waals surface area (Å²) in [6.45, 7) is 7.31. The molecule has 0 heterocycles. The van der Waals surface area contributed by atoms with E-state index in [1.807, 2.05) is 0 Å². The molecule has 1 aromatic rings. The van der Waals surface area contributed by atoms with Crippen molar-refractivity contribution in [3.63, 3.8) is 0 Å². The second kappa shape index (κ2) is 7.86. The molecule has 1 aromatic carbocycles. The topological polar surface area (TPSA) is 45.0 Å². The van der Waals surface area contributed by atoms with Crippen molar-refractivity contribution in [3.05, 3.63) is 29.6 Å². The van der Waals surface area contributed by atoms with Gasteiger partial charge in [-0.1, -0.05) is 0 Å². The van der Waals surface area contributed by atoms with Crippen molar-refractivity contribution in [1.29, 1.82) is 5.26 Å². The van der Waals surface area contributed by atoms with Crippen molar-refractivity contribution < 1.29 is 9.13 Å². The minimum Gasteiger partial charge on any atom is -0.493 e. The van der Waals surface area contributed by atoms with E-state index in [1.165, 1.54) is 12.1 Å². The van der Waals surface area contributed by atoms with Crippen LogP contribution < -0.4 is 10.1 Å². The van der Waals surface area contributed by atoms with Crippen molar-refractivity contribution in [2.75, 3.05) is 6.61 Å². The van der Waals surface area contributed by atoms with E-state index in [0.717, 1.165) is 18.4 Å². The predicted molar refractivity (Wildman–Crippen MR) is 78.0 cm³/mol. The van der Waals surface area contributed by atoms with E-state index < -0.39 is 0 Å². The number of rotatable bonds is 7. The van der Waals surface area contributed by atoms with Crippen LogP contribution in [0.2, 0.25) is 0 Å². The largest absolute Gasteiger partial charge is 0.493 e. The molecular formula is C16H23FN2O. The normalized spacial score (nSPS) is 11.2. The lowest BCUT2D eigenvalue weighted by molar-refractivity contribution is 0.301. The Kier molecular flexibility index (Phi) is 6.47. The van der Waals surface area contributed by atoms with E-state index in [2.05, 4.69) is 32.2 Å². The summed E-state index contributed by atoms with van der Waals surface area (Å²) in [5, 5.41) is 11.8. The van der Waals surface area contributed by atoms with Crippen molar-refractivity contribution in [2.45, 2.75) is 52.1 Å². The Labute approximate surface area is 120 Å². The summed E-state index contributed by atoms with van der Waals surface area (Å²) in [7, 11) is 0. The van der Waals surface area contributed by atoms with Crippen LogP contribution in [0.5, 0.6) is 5.75 Å². The van der Waals surface area contributed by atoms with Gasteiger partial charge in [0.05, 0.1) is 12.7 Å². The lowest BCUT2D eigenvalue weighted by Crippen LogP contribution is -2.35. The monoisotopic (exact) mass is 278 g/mol. The predicted octanol–water partition coefficient (Wildman–Crippen LogP) is 3.79. The number of nitrogens with zero attached hydrogens (tertiary/aromatic N) is 1. The van der Waals surface area contributed by atoms with E-state index in [0.29, 0.717) is 25.3 Å². The molecule has 4 heteroatoms. The molecule has 0 saturated carbocycles. The average Bonchev–Trinajstić information content (AvgIpc) is 2.37. The highest BCUT2D eigenvalue weighted by molar-refractivity contribution is 5.34. The summed E-state index contributed by atoms with van der Waals surface area (Å²) in [6.07, 6.45) is 2.20. The molecule has 0 radical (unpaired) electrons. The lowest BCUT2D eigenvalue weighted by Gasteiger charge is -2.21. The number of unbranched alkanes of at least 4 members (excludes halogenated alkanes) is 2. The van der Waals surface area contributed by atoms with Crippen molar-refractivity contribution >= 4 is 0 Å². The maximum Gasteiger partial charge on any atom is 0.123 e. The Morgan fingerprint density at radius 2 is 2.05 bits per heavy atom. The number of hydrogen-bond donors (Lipinski definition) is 1. The zero-order valence-corrected chi connectivity index (χ0v) is 12.5. The van der Waals surface area contributed by atoms with Crippen LogP contribution in [0.25, 0.3) is 0 Å². The fraction of sp³-hybridized carbons (Fsp3) is 0.562. The lowest BCUT2D eigenvalue weighted by atomic mass is 10.1. The highest BCUT2D eigenvalue weighted by Gasteiger charge is 2.11. The van der Waals surface area contributed by atoms with E-state index in [1.54, 1.807) is 6.07 Å². The summed E-state index contributed by atoms with van der Waals surface area (Å²) >= 11 is 0.